The molecule has 0 radical (unpaired) electrons. The van der Waals surface area contributed by atoms with Crippen molar-refractivity contribution in [2.75, 3.05) is 24.7 Å². The molecule has 1 aromatic heterocycles. The number of aliphatic hydroxyl groups excluding tert-OH is 1. The van der Waals surface area contributed by atoms with E-state index in [1.165, 1.54) is 0 Å². The van der Waals surface area contributed by atoms with Gasteiger partial charge in [0.05, 0.1) is 23.2 Å². The van der Waals surface area contributed by atoms with Crippen LogP contribution in [0.1, 0.15) is 11.4 Å². The Hall–Kier alpha value is -3.48. The van der Waals surface area contributed by atoms with E-state index < -0.39 is 0 Å². The first-order valence-electron chi connectivity index (χ1n) is 9.14. The summed E-state index contributed by atoms with van der Waals surface area (Å²) in [6.45, 7) is 3.27. The number of rotatable bonds is 2. The van der Waals surface area contributed by atoms with Gasteiger partial charge in [0.15, 0.2) is 11.5 Å². The van der Waals surface area contributed by atoms with Gasteiger partial charge in [0.1, 0.15) is 30.6 Å². The van der Waals surface area contributed by atoms with E-state index in [1.54, 1.807) is 4.90 Å². The van der Waals surface area contributed by atoms with Gasteiger partial charge in [0, 0.05) is 18.8 Å². The van der Waals surface area contributed by atoms with Gasteiger partial charge >= 0.3 is 0 Å². The van der Waals surface area contributed by atoms with Gasteiger partial charge in [-0.2, -0.15) is 0 Å². The van der Waals surface area contributed by atoms with E-state index >= 15 is 0 Å². The summed E-state index contributed by atoms with van der Waals surface area (Å²) in [5.41, 5.74) is 4.15. The second-order valence-corrected chi connectivity index (χ2v) is 7.07. The molecule has 0 unspecified atom stereocenters. The Morgan fingerprint density at radius 3 is 2.68 bits per heavy atom. The number of nitrogens with one attached hydrogen (secondary N) is 1. The van der Waals surface area contributed by atoms with E-state index in [0.717, 1.165) is 22.3 Å². The zero-order chi connectivity index (χ0) is 19.4. The average Bonchev–Trinajstić information content (AvgIpc) is 3.16. The van der Waals surface area contributed by atoms with Crippen molar-refractivity contribution in [3.05, 3.63) is 53.5 Å². The topological polar surface area (TPSA) is 83.6 Å². The maximum atomic E-state index is 10.7. The van der Waals surface area contributed by atoms with Crippen LogP contribution in [0, 0.1) is 12.3 Å². The van der Waals surface area contributed by atoms with Crippen LogP contribution in [-0.2, 0) is 7.05 Å². The van der Waals surface area contributed by atoms with Crippen LogP contribution >= 0.6 is 0 Å². The summed E-state index contributed by atoms with van der Waals surface area (Å²) in [5.74, 6) is 2.29. The molecule has 0 spiro atoms. The van der Waals surface area contributed by atoms with Crippen LogP contribution in [0.4, 0.5) is 5.69 Å². The molecular formula is C21H20N4O3. The number of aliphatic hydroxyl groups is 1. The lowest BCUT2D eigenvalue weighted by atomic mass is 10.2. The highest BCUT2D eigenvalue weighted by Gasteiger charge is 2.33. The number of anilines is 1. The van der Waals surface area contributed by atoms with E-state index in [2.05, 4.69) is 4.98 Å². The van der Waals surface area contributed by atoms with E-state index in [-0.39, 0.29) is 18.1 Å². The highest BCUT2D eigenvalue weighted by molar-refractivity contribution is 6.30. The van der Waals surface area contributed by atoms with Gasteiger partial charge in [-0.05, 0) is 36.8 Å². The minimum absolute atomic E-state index is 0.134. The summed E-state index contributed by atoms with van der Waals surface area (Å²) in [4.78, 5) is 6.43. The van der Waals surface area contributed by atoms with Gasteiger partial charge in [-0.3, -0.25) is 5.41 Å². The second-order valence-electron chi connectivity index (χ2n) is 7.07. The monoisotopic (exact) mass is 376 g/mol. The molecule has 0 fully saturated rings. The number of aromatic nitrogens is 2. The summed E-state index contributed by atoms with van der Waals surface area (Å²) in [6.07, 6.45) is 0. The molecule has 0 aliphatic carbocycles. The number of amidine groups is 1. The van der Waals surface area contributed by atoms with Gasteiger partial charge in [-0.1, -0.05) is 6.07 Å². The molecule has 0 amide bonds. The standard InChI is InChI=1S/C21H20N4O3/c1-12-3-5-15-14(9-12)23-21(24(15)2)19-16(26)11-25(20(19)22)13-4-6-17-18(10-13)28-8-7-27-17/h3-6,9-10,22,26H,7-8,11H2,1-2H3. The Kier molecular flexibility index (Phi) is 3.58. The lowest BCUT2D eigenvalue weighted by molar-refractivity contribution is 0.171. The highest BCUT2D eigenvalue weighted by Crippen LogP contribution is 2.37. The molecule has 2 aromatic carbocycles. The number of imidazole rings is 1. The van der Waals surface area contributed by atoms with Crippen molar-refractivity contribution in [1.29, 1.82) is 5.41 Å². The number of fused-ring (bicyclic) bond motifs is 2. The average molecular weight is 376 g/mol. The van der Waals surface area contributed by atoms with Crippen LogP contribution in [0.2, 0.25) is 0 Å². The van der Waals surface area contributed by atoms with Gasteiger partial charge < -0.3 is 24.0 Å². The molecule has 0 atom stereocenters. The molecule has 0 saturated carbocycles. The maximum absolute atomic E-state index is 10.7. The van der Waals surface area contributed by atoms with E-state index in [1.807, 2.05) is 54.9 Å². The SMILES string of the molecule is Cc1ccc2c(c1)nc(C1=C(O)CN(c3ccc4c(c3)OCCO4)C1=N)n2C. The Bertz CT molecular complexity index is 1160. The van der Waals surface area contributed by atoms with Crippen molar-refractivity contribution in [1.82, 2.24) is 9.55 Å². The first-order valence-corrected chi connectivity index (χ1v) is 9.14. The summed E-state index contributed by atoms with van der Waals surface area (Å²) >= 11 is 0. The summed E-state index contributed by atoms with van der Waals surface area (Å²) in [6, 6.07) is 11.6. The Labute approximate surface area is 161 Å². The lowest BCUT2D eigenvalue weighted by Crippen LogP contribution is -2.26. The predicted molar refractivity (Wildman–Crippen MR) is 108 cm³/mol. The Balaban J connectivity index is 1.53. The van der Waals surface area contributed by atoms with E-state index in [9.17, 15) is 5.11 Å². The molecule has 2 aliphatic heterocycles. The number of hydrogen-bond acceptors (Lipinski definition) is 5. The molecule has 2 aliphatic rings. The number of aryl methyl sites for hydroxylation is 2. The fourth-order valence-electron chi connectivity index (χ4n) is 3.77. The molecule has 0 saturated heterocycles. The molecule has 2 N–H and O–H groups in total. The molecular weight excluding hydrogens is 356 g/mol. The molecule has 28 heavy (non-hydrogen) atoms. The molecule has 5 rings (SSSR count). The van der Waals surface area contributed by atoms with Gasteiger partial charge in [-0.15, -0.1) is 0 Å². The molecule has 7 heteroatoms. The Morgan fingerprint density at radius 2 is 1.86 bits per heavy atom. The third-order valence-corrected chi connectivity index (χ3v) is 5.20. The van der Waals surface area contributed by atoms with Crippen molar-refractivity contribution in [2.45, 2.75) is 6.92 Å². The van der Waals surface area contributed by atoms with E-state index in [4.69, 9.17) is 14.9 Å². The van der Waals surface area contributed by atoms with E-state index in [0.29, 0.717) is 36.1 Å². The first kappa shape index (κ1) is 16.7. The summed E-state index contributed by atoms with van der Waals surface area (Å²) in [5, 5.41) is 19.4. The first-order chi connectivity index (χ1) is 13.5. The number of nitrogens with zero attached hydrogens (tertiary/aromatic N) is 3. The highest BCUT2D eigenvalue weighted by atomic mass is 16.6. The van der Waals surface area contributed by atoms with Crippen LogP contribution in [0.15, 0.2) is 42.2 Å². The van der Waals surface area contributed by atoms with Crippen molar-refractivity contribution >= 4 is 28.1 Å². The van der Waals surface area contributed by atoms with Crippen molar-refractivity contribution < 1.29 is 14.6 Å². The van der Waals surface area contributed by atoms with Gasteiger partial charge in [0.25, 0.3) is 0 Å². The van der Waals surface area contributed by atoms with Crippen LogP contribution in [0.3, 0.4) is 0 Å². The number of benzene rings is 2. The van der Waals surface area contributed by atoms with Crippen molar-refractivity contribution in [2.24, 2.45) is 7.05 Å². The predicted octanol–water partition coefficient (Wildman–Crippen LogP) is 3.42. The molecule has 3 heterocycles. The summed E-state index contributed by atoms with van der Waals surface area (Å²) in [7, 11) is 1.90. The maximum Gasteiger partial charge on any atom is 0.163 e. The quantitative estimate of drug-likeness (QED) is 0.716. The second kappa shape index (κ2) is 6.02. The fourth-order valence-corrected chi connectivity index (χ4v) is 3.77. The normalized spacial score (nSPS) is 16.4. The molecule has 0 bridgehead atoms. The van der Waals surface area contributed by atoms with Crippen LogP contribution in [0.25, 0.3) is 16.6 Å². The van der Waals surface area contributed by atoms with Crippen LogP contribution in [-0.4, -0.2) is 40.3 Å². The summed E-state index contributed by atoms with van der Waals surface area (Å²) < 4.78 is 13.1. The zero-order valence-corrected chi connectivity index (χ0v) is 15.7. The van der Waals surface area contributed by atoms with Gasteiger partial charge in [-0.25, -0.2) is 4.98 Å². The largest absolute Gasteiger partial charge is 0.509 e. The third kappa shape index (κ3) is 2.43. The minimum Gasteiger partial charge on any atom is -0.509 e. The van der Waals surface area contributed by atoms with Gasteiger partial charge in [0.2, 0.25) is 0 Å². The molecule has 142 valence electrons. The Morgan fingerprint density at radius 1 is 1.07 bits per heavy atom. The minimum atomic E-state index is 0.134. The van der Waals surface area contributed by atoms with Crippen molar-refractivity contribution in [3.63, 3.8) is 0 Å². The third-order valence-electron chi connectivity index (χ3n) is 5.20. The smallest absolute Gasteiger partial charge is 0.163 e. The van der Waals surface area contributed by atoms with Crippen LogP contribution < -0.4 is 14.4 Å². The zero-order valence-electron chi connectivity index (χ0n) is 15.7. The number of ether oxygens (including phenoxy) is 2. The van der Waals surface area contributed by atoms with Crippen LogP contribution in [0.5, 0.6) is 11.5 Å². The molecule has 3 aromatic rings. The van der Waals surface area contributed by atoms with Crippen molar-refractivity contribution in [3.8, 4) is 11.5 Å². The molecule has 7 nitrogen and oxygen atoms in total. The lowest BCUT2D eigenvalue weighted by Gasteiger charge is -2.23. The number of hydrogen-bond donors (Lipinski definition) is 2. The fraction of sp³-hybridized carbons (Fsp3) is 0.238.